The third kappa shape index (κ3) is 2.51. The fourth-order valence-corrected chi connectivity index (χ4v) is 3.14. The molecule has 18 heavy (non-hydrogen) atoms. The summed E-state index contributed by atoms with van der Waals surface area (Å²) < 4.78 is 5.38. The van der Waals surface area contributed by atoms with E-state index in [4.69, 9.17) is 4.74 Å². The molecular weight excluding hydrogens is 246 g/mol. The molecule has 1 aromatic rings. The minimum Gasteiger partial charge on any atom is -0.379 e. The van der Waals surface area contributed by atoms with Crippen molar-refractivity contribution in [1.82, 2.24) is 4.90 Å². The molecule has 0 amide bonds. The zero-order valence-electron chi connectivity index (χ0n) is 11.4. The van der Waals surface area contributed by atoms with Crippen LogP contribution in [0.15, 0.2) is 11.4 Å². The normalized spacial score (nSPS) is 20.6. The molecule has 0 aliphatic carbocycles. The van der Waals surface area contributed by atoms with Gasteiger partial charge < -0.3 is 4.74 Å². The molecule has 1 unspecified atom stereocenters. The van der Waals surface area contributed by atoms with Crippen LogP contribution in [0.3, 0.4) is 0 Å². The Morgan fingerprint density at radius 3 is 2.67 bits per heavy atom. The van der Waals surface area contributed by atoms with Crippen molar-refractivity contribution in [3.05, 3.63) is 21.9 Å². The molecule has 0 aromatic carbocycles. The van der Waals surface area contributed by atoms with Gasteiger partial charge in [0, 0.05) is 28.9 Å². The SMILES string of the molecule is CCC(C)(C(=O)c1csc(C)c1)N1CCOCC1. The number of hydrogen-bond acceptors (Lipinski definition) is 4. The van der Waals surface area contributed by atoms with Gasteiger partial charge in [-0.05, 0) is 26.3 Å². The fourth-order valence-electron chi connectivity index (χ4n) is 2.46. The van der Waals surface area contributed by atoms with Crippen LogP contribution in [0.2, 0.25) is 0 Å². The number of morpholine rings is 1. The molecule has 1 aromatic heterocycles. The van der Waals surface area contributed by atoms with Crippen LogP contribution in [-0.2, 0) is 4.74 Å². The van der Waals surface area contributed by atoms with Crippen molar-refractivity contribution in [1.29, 1.82) is 0 Å². The van der Waals surface area contributed by atoms with Crippen molar-refractivity contribution in [3.63, 3.8) is 0 Å². The van der Waals surface area contributed by atoms with Crippen LogP contribution in [0.1, 0.15) is 35.5 Å². The van der Waals surface area contributed by atoms with Gasteiger partial charge in [0.25, 0.3) is 0 Å². The van der Waals surface area contributed by atoms with Crippen molar-refractivity contribution >= 4 is 17.1 Å². The van der Waals surface area contributed by atoms with Gasteiger partial charge >= 0.3 is 0 Å². The summed E-state index contributed by atoms with van der Waals surface area (Å²) in [4.78, 5) is 16.2. The van der Waals surface area contributed by atoms with Gasteiger partial charge in [-0.25, -0.2) is 0 Å². The second-order valence-electron chi connectivity index (χ2n) is 5.00. The Morgan fingerprint density at radius 1 is 1.50 bits per heavy atom. The minimum atomic E-state index is -0.392. The molecule has 4 heteroatoms. The lowest BCUT2D eigenvalue weighted by Gasteiger charge is -2.41. The van der Waals surface area contributed by atoms with Crippen LogP contribution in [0.4, 0.5) is 0 Å². The third-order valence-electron chi connectivity index (χ3n) is 3.88. The molecule has 0 N–H and O–H groups in total. The van der Waals surface area contributed by atoms with Crippen molar-refractivity contribution in [2.75, 3.05) is 26.3 Å². The van der Waals surface area contributed by atoms with E-state index in [1.165, 1.54) is 4.88 Å². The zero-order valence-corrected chi connectivity index (χ0v) is 12.2. The number of aryl methyl sites for hydroxylation is 1. The van der Waals surface area contributed by atoms with E-state index in [-0.39, 0.29) is 5.78 Å². The van der Waals surface area contributed by atoms with Gasteiger partial charge in [0.15, 0.2) is 5.78 Å². The Morgan fingerprint density at radius 2 is 2.17 bits per heavy atom. The van der Waals surface area contributed by atoms with Crippen molar-refractivity contribution in [3.8, 4) is 0 Å². The number of hydrogen-bond donors (Lipinski definition) is 0. The van der Waals surface area contributed by atoms with Crippen molar-refractivity contribution < 1.29 is 9.53 Å². The van der Waals surface area contributed by atoms with Gasteiger partial charge in [-0.15, -0.1) is 11.3 Å². The van der Waals surface area contributed by atoms with E-state index in [2.05, 4.69) is 18.7 Å². The molecule has 1 aliphatic rings. The van der Waals surface area contributed by atoms with E-state index in [9.17, 15) is 4.79 Å². The summed E-state index contributed by atoms with van der Waals surface area (Å²) in [7, 11) is 0. The first-order valence-corrected chi connectivity index (χ1v) is 7.38. The van der Waals surface area contributed by atoms with Gasteiger partial charge in [-0.1, -0.05) is 6.92 Å². The Balaban J connectivity index is 2.22. The molecule has 1 atom stereocenters. The maximum absolute atomic E-state index is 12.7. The van der Waals surface area contributed by atoms with E-state index in [0.29, 0.717) is 0 Å². The van der Waals surface area contributed by atoms with Crippen molar-refractivity contribution in [2.45, 2.75) is 32.7 Å². The summed E-state index contributed by atoms with van der Waals surface area (Å²) in [5.41, 5.74) is 0.463. The number of carbonyl (C=O) groups excluding carboxylic acids is 1. The first kappa shape index (κ1) is 13.7. The van der Waals surface area contributed by atoms with Gasteiger partial charge in [0.1, 0.15) is 0 Å². The number of rotatable bonds is 4. The molecule has 1 fully saturated rings. The quantitative estimate of drug-likeness (QED) is 0.786. The molecule has 0 radical (unpaired) electrons. The Labute approximate surface area is 113 Å². The van der Waals surface area contributed by atoms with Gasteiger partial charge in [-0.2, -0.15) is 0 Å². The largest absolute Gasteiger partial charge is 0.379 e. The molecule has 0 saturated carbocycles. The van der Waals surface area contributed by atoms with Gasteiger partial charge in [0.2, 0.25) is 0 Å². The molecule has 3 nitrogen and oxygen atoms in total. The smallest absolute Gasteiger partial charge is 0.183 e. The molecule has 0 spiro atoms. The fraction of sp³-hybridized carbons (Fsp3) is 0.643. The average Bonchev–Trinajstić information content (AvgIpc) is 2.84. The van der Waals surface area contributed by atoms with Crippen LogP contribution in [0, 0.1) is 6.92 Å². The molecule has 100 valence electrons. The van der Waals surface area contributed by atoms with Crippen LogP contribution >= 0.6 is 11.3 Å². The summed E-state index contributed by atoms with van der Waals surface area (Å²) >= 11 is 1.64. The standard InChI is InChI=1S/C14H21NO2S/c1-4-14(3,15-5-7-17-8-6-15)13(16)12-9-11(2)18-10-12/h9-10H,4-8H2,1-3H3. The second kappa shape index (κ2) is 5.51. The predicted molar refractivity (Wildman–Crippen MR) is 74.5 cm³/mol. The van der Waals surface area contributed by atoms with Crippen LogP contribution in [0.5, 0.6) is 0 Å². The van der Waals surface area contributed by atoms with Crippen LogP contribution < -0.4 is 0 Å². The second-order valence-corrected chi connectivity index (χ2v) is 6.12. The van der Waals surface area contributed by atoms with Gasteiger partial charge in [0.05, 0.1) is 18.8 Å². The monoisotopic (exact) mass is 267 g/mol. The lowest BCUT2D eigenvalue weighted by atomic mass is 9.87. The molecule has 2 heterocycles. The number of nitrogens with zero attached hydrogens (tertiary/aromatic N) is 1. The zero-order chi connectivity index (χ0) is 13.2. The molecular formula is C14H21NO2S. The van der Waals surface area contributed by atoms with E-state index >= 15 is 0 Å². The molecule has 1 saturated heterocycles. The number of Topliss-reactive ketones (excluding diaryl/α,β-unsaturated/α-hetero) is 1. The number of ether oxygens (including phenoxy) is 1. The number of carbonyl (C=O) groups is 1. The highest BCUT2D eigenvalue weighted by molar-refractivity contribution is 7.10. The molecule has 0 bridgehead atoms. The molecule has 2 rings (SSSR count). The number of ketones is 1. The van der Waals surface area contributed by atoms with E-state index in [1.807, 2.05) is 18.4 Å². The van der Waals surface area contributed by atoms with E-state index in [1.54, 1.807) is 11.3 Å². The van der Waals surface area contributed by atoms with Crippen molar-refractivity contribution in [2.24, 2.45) is 0 Å². The van der Waals surface area contributed by atoms with Crippen LogP contribution in [-0.4, -0.2) is 42.5 Å². The summed E-state index contributed by atoms with van der Waals surface area (Å²) in [5, 5.41) is 1.98. The average molecular weight is 267 g/mol. The summed E-state index contributed by atoms with van der Waals surface area (Å²) in [5.74, 6) is 0.247. The van der Waals surface area contributed by atoms with E-state index < -0.39 is 5.54 Å². The Kier molecular flexibility index (Phi) is 4.20. The first-order valence-electron chi connectivity index (χ1n) is 6.50. The summed E-state index contributed by atoms with van der Waals surface area (Å²) in [6, 6.07) is 2.00. The number of thiophene rings is 1. The first-order chi connectivity index (χ1) is 8.58. The van der Waals surface area contributed by atoms with Crippen LogP contribution in [0.25, 0.3) is 0 Å². The van der Waals surface area contributed by atoms with E-state index in [0.717, 1.165) is 38.3 Å². The highest BCUT2D eigenvalue weighted by Gasteiger charge is 2.38. The summed E-state index contributed by atoms with van der Waals surface area (Å²) in [6.45, 7) is 9.34. The Bertz CT molecular complexity index is 423. The lowest BCUT2D eigenvalue weighted by Crippen LogP contribution is -2.56. The predicted octanol–water partition coefficient (Wildman–Crippen LogP) is 2.74. The highest BCUT2D eigenvalue weighted by Crippen LogP contribution is 2.27. The highest BCUT2D eigenvalue weighted by atomic mass is 32.1. The third-order valence-corrected chi connectivity index (χ3v) is 4.74. The minimum absolute atomic E-state index is 0.247. The topological polar surface area (TPSA) is 29.5 Å². The lowest BCUT2D eigenvalue weighted by molar-refractivity contribution is -0.0106. The molecule has 1 aliphatic heterocycles. The summed E-state index contributed by atoms with van der Waals surface area (Å²) in [6.07, 6.45) is 0.834. The maximum Gasteiger partial charge on any atom is 0.183 e. The maximum atomic E-state index is 12.7. The van der Waals surface area contributed by atoms with Gasteiger partial charge in [-0.3, -0.25) is 9.69 Å². The Hall–Kier alpha value is -0.710.